The van der Waals surface area contributed by atoms with Crippen molar-refractivity contribution in [2.24, 2.45) is 0 Å². The molecule has 2 aliphatic heterocycles. The number of nitrogens with zero attached hydrogens (tertiary/aromatic N) is 3. The number of hydrogen-bond donors (Lipinski definition) is 0. The van der Waals surface area contributed by atoms with Gasteiger partial charge in [-0.1, -0.05) is 0 Å². The summed E-state index contributed by atoms with van der Waals surface area (Å²) < 4.78 is 52.6. The predicted molar refractivity (Wildman–Crippen MR) is 107 cm³/mol. The molecule has 0 N–H and O–H groups in total. The third-order valence-electron chi connectivity index (χ3n) is 4.70. The molecule has 152 valence electrons. The highest BCUT2D eigenvalue weighted by Crippen LogP contribution is 2.28. The molecule has 1 aromatic rings. The van der Waals surface area contributed by atoms with Crippen molar-refractivity contribution in [2.45, 2.75) is 11.8 Å². The minimum Gasteiger partial charge on any atom is -0.335 e. The Labute approximate surface area is 168 Å². The van der Waals surface area contributed by atoms with E-state index in [9.17, 15) is 21.6 Å². The molecule has 0 unspecified atom stereocenters. The van der Waals surface area contributed by atoms with Gasteiger partial charge in [0.2, 0.25) is 20.0 Å². The molecule has 3 heterocycles. The van der Waals surface area contributed by atoms with E-state index in [4.69, 9.17) is 0 Å². The summed E-state index contributed by atoms with van der Waals surface area (Å²) in [6.45, 7) is 3.48. The minimum atomic E-state index is -3.69. The molecule has 0 radical (unpaired) electrons. The van der Waals surface area contributed by atoms with Gasteiger partial charge in [-0.25, -0.2) is 16.8 Å². The smallest absolute Gasteiger partial charge is 0.265 e. The van der Waals surface area contributed by atoms with E-state index < -0.39 is 20.0 Å². The maximum Gasteiger partial charge on any atom is 0.265 e. The Morgan fingerprint density at radius 3 is 2.22 bits per heavy atom. The number of thiophene rings is 1. The summed E-state index contributed by atoms with van der Waals surface area (Å²) in [5, 5.41) is 1.62. The summed E-state index contributed by atoms with van der Waals surface area (Å²) in [5.74, 6) is 1.19. The van der Waals surface area contributed by atoms with Crippen LogP contribution in [0.5, 0.6) is 0 Å². The predicted octanol–water partition coefficient (Wildman–Crippen LogP) is 0.593. The molecule has 2 saturated heterocycles. The lowest BCUT2D eigenvalue weighted by molar-refractivity contribution is 0.0699. The Balaban J connectivity index is 1.75. The lowest BCUT2D eigenvalue weighted by atomic mass is 10.3. The van der Waals surface area contributed by atoms with Crippen molar-refractivity contribution in [3.63, 3.8) is 0 Å². The molecule has 0 spiro atoms. The number of rotatable bonds is 5. The zero-order chi connectivity index (χ0) is 19.7. The molecule has 2 fully saturated rings. The monoisotopic (exact) mass is 453 g/mol. The summed E-state index contributed by atoms with van der Waals surface area (Å²) >= 11 is 2.84. The summed E-state index contributed by atoms with van der Waals surface area (Å²) in [5.41, 5.74) is 0. The third kappa shape index (κ3) is 4.35. The van der Waals surface area contributed by atoms with Crippen molar-refractivity contribution in [3.05, 3.63) is 16.3 Å². The zero-order valence-corrected chi connectivity index (χ0v) is 18.3. The first-order valence-corrected chi connectivity index (χ1v) is 13.8. The van der Waals surface area contributed by atoms with Crippen LogP contribution in [0.2, 0.25) is 0 Å². The van der Waals surface area contributed by atoms with E-state index in [2.05, 4.69) is 0 Å². The molecule has 1 aromatic heterocycles. The van der Waals surface area contributed by atoms with Crippen LogP contribution in [-0.4, -0.2) is 92.8 Å². The van der Waals surface area contributed by atoms with E-state index in [0.29, 0.717) is 13.1 Å². The summed E-state index contributed by atoms with van der Waals surface area (Å²) in [6, 6.07) is 1.49. The fraction of sp³-hybridized carbons (Fsp3) is 0.667. The molecule has 1 amide bonds. The molecule has 0 saturated carbocycles. The van der Waals surface area contributed by atoms with Gasteiger partial charge in [-0.15, -0.1) is 11.3 Å². The lowest BCUT2D eigenvalue weighted by Crippen LogP contribution is -2.51. The molecule has 3 rings (SSSR count). The molecular weight excluding hydrogens is 430 g/mol. The van der Waals surface area contributed by atoms with Crippen LogP contribution in [0.15, 0.2) is 16.3 Å². The van der Waals surface area contributed by atoms with E-state index in [-0.39, 0.29) is 47.6 Å². The van der Waals surface area contributed by atoms with Crippen molar-refractivity contribution in [1.29, 1.82) is 0 Å². The van der Waals surface area contributed by atoms with Gasteiger partial charge in [-0.3, -0.25) is 4.79 Å². The van der Waals surface area contributed by atoms with Crippen LogP contribution in [0.3, 0.4) is 0 Å². The normalized spacial score (nSPS) is 20.7. The van der Waals surface area contributed by atoms with E-state index in [1.807, 2.05) is 0 Å². The SMILES string of the molecule is CCS(=O)(=O)N1CCN(C(=O)c2sccc2S(=O)(=O)N2CCSCC2)CC1. The summed E-state index contributed by atoms with van der Waals surface area (Å²) in [6.07, 6.45) is 0. The van der Waals surface area contributed by atoms with Crippen molar-refractivity contribution >= 4 is 49.1 Å². The third-order valence-corrected chi connectivity index (χ3v) is 10.5. The Kier molecular flexibility index (Phi) is 6.53. The van der Waals surface area contributed by atoms with Gasteiger partial charge in [0.15, 0.2) is 0 Å². The van der Waals surface area contributed by atoms with Crippen molar-refractivity contribution in [1.82, 2.24) is 13.5 Å². The van der Waals surface area contributed by atoms with Crippen LogP contribution in [0.4, 0.5) is 0 Å². The average molecular weight is 454 g/mol. The Bertz CT molecular complexity index is 882. The quantitative estimate of drug-likeness (QED) is 0.648. The number of carbonyl (C=O) groups is 1. The second-order valence-electron chi connectivity index (χ2n) is 6.22. The number of sulfonamides is 2. The second kappa shape index (κ2) is 8.37. The van der Waals surface area contributed by atoms with Crippen molar-refractivity contribution < 1.29 is 21.6 Å². The highest BCUT2D eigenvalue weighted by Gasteiger charge is 2.34. The molecular formula is C15H23N3O5S4. The second-order valence-corrected chi connectivity index (χ2v) is 12.5. The number of hydrogen-bond acceptors (Lipinski definition) is 7. The number of piperazine rings is 1. The minimum absolute atomic E-state index is 0.0301. The highest BCUT2D eigenvalue weighted by atomic mass is 32.2. The topological polar surface area (TPSA) is 95.1 Å². The van der Waals surface area contributed by atoms with Gasteiger partial charge in [0, 0.05) is 50.8 Å². The van der Waals surface area contributed by atoms with Gasteiger partial charge < -0.3 is 4.90 Å². The van der Waals surface area contributed by atoms with Crippen LogP contribution in [-0.2, 0) is 20.0 Å². The van der Waals surface area contributed by atoms with E-state index in [1.54, 1.807) is 29.0 Å². The molecule has 2 aliphatic rings. The van der Waals surface area contributed by atoms with Crippen molar-refractivity contribution in [3.8, 4) is 0 Å². The molecule has 0 aromatic carbocycles. The Morgan fingerprint density at radius 2 is 1.63 bits per heavy atom. The largest absolute Gasteiger partial charge is 0.335 e. The molecule has 27 heavy (non-hydrogen) atoms. The summed E-state index contributed by atoms with van der Waals surface area (Å²) in [7, 11) is -6.97. The number of thioether (sulfide) groups is 1. The maximum atomic E-state index is 12.9. The summed E-state index contributed by atoms with van der Waals surface area (Å²) in [4.78, 5) is 14.7. The molecule has 0 atom stereocenters. The van der Waals surface area contributed by atoms with Gasteiger partial charge in [0.1, 0.15) is 9.77 Å². The van der Waals surface area contributed by atoms with Gasteiger partial charge >= 0.3 is 0 Å². The fourth-order valence-corrected chi connectivity index (χ4v) is 8.10. The fourth-order valence-electron chi connectivity index (χ4n) is 3.08. The standard InChI is InChI=1S/C15H23N3O5S4/c1-2-26(20,21)17-6-4-16(5-7-17)15(19)14-13(3-10-25-14)27(22,23)18-8-11-24-12-9-18/h3,10H,2,4-9,11-12H2,1H3. The van der Waals surface area contributed by atoms with Gasteiger partial charge in [-0.05, 0) is 18.4 Å². The highest BCUT2D eigenvalue weighted by molar-refractivity contribution is 7.99. The average Bonchev–Trinajstić information content (AvgIpc) is 3.19. The molecule has 0 aliphatic carbocycles. The number of amides is 1. The first-order chi connectivity index (χ1) is 12.8. The van der Waals surface area contributed by atoms with Crippen LogP contribution in [0, 0.1) is 0 Å². The molecule has 8 nitrogen and oxygen atoms in total. The lowest BCUT2D eigenvalue weighted by Gasteiger charge is -2.34. The van der Waals surface area contributed by atoms with E-state index in [1.165, 1.54) is 14.7 Å². The van der Waals surface area contributed by atoms with Crippen molar-refractivity contribution in [2.75, 3.05) is 56.5 Å². The van der Waals surface area contributed by atoms with Gasteiger partial charge in [0.05, 0.1) is 5.75 Å². The van der Waals surface area contributed by atoms with Crippen LogP contribution >= 0.6 is 23.1 Å². The Hall–Kier alpha value is -0.660. The van der Waals surface area contributed by atoms with E-state index >= 15 is 0 Å². The molecule has 12 heteroatoms. The zero-order valence-electron chi connectivity index (χ0n) is 15.0. The Morgan fingerprint density at radius 1 is 1.00 bits per heavy atom. The van der Waals surface area contributed by atoms with Gasteiger partial charge in [-0.2, -0.15) is 20.4 Å². The first-order valence-electron chi connectivity index (χ1n) is 8.70. The van der Waals surface area contributed by atoms with E-state index in [0.717, 1.165) is 22.8 Å². The van der Waals surface area contributed by atoms with Gasteiger partial charge in [0.25, 0.3) is 5.91 Å². The van der Waals surface area contributed by atoms with Crippen LogP contribution < -0.4 is 0 Å². The first kappa shape index (κ1) is 21.1. The van der Waals surface area contributed by atoms with Crippen LogP contribution in [0.25, 0.3) is 0 Å². The maximum absolute atomic E-state index is 12.9. The molecule has 0 bridgehead atoms. The van der Waals surface area contributed by atoms with Crippen LogP contribution in [0.1, 0.15) is 16.6 Å². The number of carbonyl (C=O) groups excluding carboxylic acids is 1.